The summed E-state index contributed by atoms with van der Waals surface area (Å²) < 4.78 is 0. The van der Waals surface area contributed by atoms with Crippen LogP contribution in [0.1, 0.15) is 103 Å². The van der Waals surface area contributed by atoms with Gasteiger partial charge in [0.05, 0.1) is 0 Å². The van der Waals surface area contributed by atoms with E-state index in [2.05, 4.69) is 34.0 Å². The van der Waals surface area contributed by atoms with Crippen LogP contribution in [0.4, 0.5) is 0 Å². The first kappa shape index (κ1) is 35.8. The van der Waals surface area contributed by atoms with Gasteiger partial charge in [-0.2, -0.15) is 5.10 Å². The van der Waals surface area contributed by atoms with Crippen molar-refractivity contribution in [1.29, 1.82) is 0 Å². The summed E-state index contributed by atoms with van der Waals surface area (Å²) >= 11 is 0. The minimum Gasteiger partial charge on any atom is -0.412 e. The van der Waals surface area contributed by atoms with E-state index < -0.39 is 0 Å². The summed E-state index contributed by atoms with van der Waals surface area (Å²) in [6, 6.07) is 0. The quantitative estimate of drug-likeness (QED) is 0.339. The van der Waals surface area contributed by atoms with Crippen molar-refractivity contribution in [3.63, 3.8) is 0 Å². The maximum Gasteiger partial charge on any atom is 0.137 e. The Morgan fingerprint density at radius 3 is 2.00 bits per heavy atom. The summed E-state index contributed by atoms with van der Waals surface area (Å²) in [4.78, 5) is 23.9. The second kappa shape index (κ2) is 24.3. The van der Waals surface area contributed by atoms with E-state index in [9.17, 15) is 9.59 Å². The normalized spacial score (nSPS) is 22.5. The lowest BCUT2D eigenvalue weighted by Gasteiger charge is -2.23. The van der Waals surface area contributed by atoms with Gasteiger partial charge < -0.3 is 20.9 Å². The smallest absolute Gasteiger partial charge is 0.137 e. The molecule has 4 aliphatic rings. The van der Waals surface area contributed by atoms with Crippen molar-refractivity contribution in [3.05, 3.63) is 0 Å². The van der Waals surface area contributed by atoms with Crippen LogP contribution in [0, 0.1) is 11.8 Å². The third kappa shape index (κ3) is 18.5. The molecule has 0 saturated heterocycles. The topological polar surface area (TPSA) is 166 Å². The molecule has 8 N–H and O–H groups in total. The summed E-state index contributed by atoms with van der Waals surface area (Å²) in [5.41, 5.74) is 4.48. The number of carbonyl (C=O) groups is 2. The van der Waals surface area contributed by atoms with E-state index in [-0.39, 0.29) is 5.48 Å². The third-order valence-corrected chi connectivity index (χ3v) is 6.46. The Hall–Kier alpha value is -1.39. The second-order valence-electron chi connectivity index (χ2n) is 9.76. The molecule has 9 heteroatoms. The molecule has 3 aliphatic carbocycles. The number of rotatable bonds is 4. The number of fused-ring (bicyclic) bond motifs is 1. The maximum atomic E-state index is 11.3. The van der Waals surface area contributed by atoms with Gasteiger partial charge in [0.2, 0.25) is 0 Å². The van der Waals surface area contributed by atoms with E-state index in [0.717, 1.165) is 76.8 Å². The summed E-state index contributed by atoms with van der Waals surface area (Å²) in [6.07, 6.45) is 16.9. The molecule has 0 aromatic carbocycles. The summed E-state index contributed by atoms with van der Waals surface area (Å²) in [5.74, 6) is 10.1. The van der Waals surface area contributed by atoms with Gasteiger partial charge in [0.1, 0.15) is 11.6 Å². The summed E-state index contributed by atoms with van der Waals surface area (Å²) in [7, 11) is 4.06. The first-order chi connectivity index (χ1) is 16.5. The van der Waals surface area contributed by atoms with E-state index in [0.29, 0.717) is 24.1 Å². The van der Waals surface area contributed by atoms with Crippen molar-refractivity contribution < 1.29 is 20.2 Å². The van der Waals surface area contributed by atoms with Gasteiger partial charge in [0.25, 0.3) is 0 Å². The number of hydrazone groups is 1. The fourth-order valence-electron chi connectivity index (χ4n) is 4.49. The molecule has 0 amide bonds. The number of hydrogen-bond acceptors (Lipinski definition) is 8. The van der Waals surface area contributed by atoms with Crippen LogP contribution in [0.5, 0.6) is 0 Å². The fourth-order valence-corrected chi connectivity index (χ4v) is 4.49. The van der Waals surface area contributed by atoms with Gasteiger partial charge in [-0.05, 0) is 65.5 Å². The number of ketones is 2. The van der Waals surface area contributed by atoms with Crippen LogP contribution in [0.2, 0.25) is 0 Å². The zero-order valence-corrected chi connectivity index (χ0v) is 22.7. The molecular formula is C26H55N5O4. The van der Waals surface area contributed by atoms with E-state index >= 15 is 0 Å². The minimum atomic E-state index is 0. The first-order valence-corrected chi connectivity index (χ1v) is 13.4. The monoisotopic (exact) mass is 501 g/mol. The SMILES string of the molecule is C1CCC2CNN=C2C1.CCCCO.CN(C)CC1CCCCC1=O.NN.O.O=C1CCCCC1. The lowest BCUT2D eigenvalue weighted by atomic mass is 9.88. The number of Topliss-reactive ketones (excluding diaryl/α,β-unsaturated/α-hetero) is 2. The van der Waals surface area contributed by atoms with E-state index in [1.165, 1.54) is 44.2 Å². The van der Waals surface area contributed by atoms with Crippen LogP contribution >= 0.6 is 0 Å². The van der Waals surface area contributed by atoms with Crippen molar-refractivity contribution >= 4 is 17.3 Å². The second-order valence-corrected chi connectivity index (χ2v) is 9.76. The number of aliphatic hydroxyl groups excluding tert-OH is 1. The average Bonchev–Trinajstić information content (AvgIpc) is 3.33. The largest absolute Gasteiger partial charge is 0.412 e. The highest BCUT2D eigenvalue weighted by molar-refractivity contribution is 5.88. The number of hydrogen-bond donors (Lipinski definition) is 4. The number of nitrogens with two attached hydrogens (primary N) is 2. The van der Waals surface area contributed by atoms with Gasteiger partial charge in [0, 0.05) is 56.5 Å². The third-order valence-electron chi connectivity index (χ3n) is 6.46. The zero-order valence-electron chi connectivity index (χ0n) is 22.7. The van der Waals surface area contributed by atoms with E-state index in [1.807, 2.05) is 14.1 Å². The van der Waals surface area contributed by atoms with Crippen molar-refractivity contribution in [1.82, 2.24) is 10.3 Å². The molecule has 0 radical (unpaired) electrons. The predicted octanol–water partition coefficient (Wildman–Crippen LogP) is 2.74. The molecule has 2 unspecified atom stereocenters. The molecule has 2 atom stereocenters. The van der Waals surface area contributed by atoms with E-state index in [1.54, 1.807) is 0 Å². The molecule has 3 fully saturated rings. The Labute approximate surface area is 213 Å². The van der Waals surface area contributed by atoms with Gasteiger partial charge in [0.15, 0.2) is 0 Å². The molecule has 0 aromatic heterocycles. The highest BCUT2D eigenvalue weighted by atomic mass is 16.3. The van der Waals surface area contributed by atoms with Crippen LogP contribution in [-0.2, 0) is 9.59 Å². The number of aliphatic hydroxyl groups is 1. The highest BCUT2D eigenvalue weighted by Crippen LogP contribution is 2.23. The number of nitrogens with one attached hydrogen (secondary N) is 1. The van der Waals surface area contributed by atoms with Gasteiger partial charge >= 0.3 is 0 Å². The van der Waals surface area contributed by atoms with Gasteiger partial charge in [-0.25, -0.2) is 0 Å². The summed E-state index contributed by atoms with van der Waals surface area (Å²) in [6.45, 7) is 4.45. The average molecular weight is 502 g/mol. The molecule has 0 bridgehead atoms. The Kier molecular flexibility index (Phi) is 24.8. The number of unbranched alkanes of at least 4 members (excludes halogenated alkanes) is 1. The lowest BCUT2D eigenvalue weighted by molar-refractivity contribution is -0.125. The number of carbonyl (C=O) groups excluding carboxylic acids is 2. The van der Waals surface area contributed by atoms with Crippen molar-refractivity contribution in [2.75, 3.05) is 33.8 Å². The summed E-state index contributed by atoms with van der Waals surface area (Å²) in [5, 5.41) is 12.3. The molecule has 208 valence electrons. The van der Waals surface area contributed by atoms with Crippen molar-refractivity contribution in [2.24, 2.45) is 28.6 Å². The molecule has 35 heavy (non-hydrogen) atoms. The molecule has 1 aliphatic heterocycles. The first-order valence-electron chi connectivity index (χ1n) is 13.4. The highest BCUT2D eigenvalue weighted by Gasteiger charge is 2.23. The maximum absolute atomic E-state index is 11.3. The molecule has 1 heterocycles. The lowest BCUT2D eigenvalue weighted by Crippen LogP contribution is -2.29. The molecule has 4 rings (SSSR count). The minimum absolute atomic E-state index is 0. The van der Waals surface area contributed by atoms with Gasteiger partial charge in [-0.3, -0.25) is 21.3 Å². The Morgan fingerprint density at radius 2 is 1.54 bits per heavy atom. The number of hydrazine groups is 1. The Bertz CT molecular complexity index is 548. The van der Waals surface area contributed by atoms with Crippen molar-refractivity contribution in [3.8, 4) is 0 Å². The molecule has 9 nitrogen and oxygen atoms in total. The van der Waals surface area contributed by atoms with Gasteiger partial charge in [-0.15, -0.1) is 0 Å². The Morgan fingerprint density at radius 1 is 0.943 bits per heavy atom. The van der Waals surface area contributed by atoms with Crippen LogP contribution in [-0.4, -0.2) is 66.6 Å². The van der Waals surface area contributed by atoms with Crippen LogP contribution in [0.3, 0.4) is 0 Å². The molecular weight excluding hydrogens is 446 g/mol. The predicted molar refractivity (Wildman–Crippen MR) is 145 cm³/mol. The number of nitrogens with zero attached hydrogens (tertiary/aromatic N) is 2. The zero-order chi connectivity index (χ0) is 25.6. The molecule has 0 aromatic rings. The van der Waals surface area contributed by atoms with Crippen LogP contribution < -0.4 is 17.1 Å². The van der Waals surface area contributed by atoms with E-state index in [4.69, 9.17) is 5.11 Å². The van der Waals surface area contributed by atoms with Crippen LogP contribution in [0.15, 0.2) is 5.10 Å². The van der Waals surface area contributed by atoms with Gasteiger partial charge in [-0.1, -0.05) is 32.6 Å². The standard InChI is InChI=1S/C9H17NO.C7H12N2.C6H10O.C4H10O.H4N2.H2O/c1-10(2)7-8-5-3-4-6-9(8)11;1-2-4-7-6(3-1)5-8-9-7;7-6-4-2-1-3-5-6;1-2-3-4-5;1-2;/h8H,3-7H2,1-2H3;6,8H,1-5H2;1-5H2;5H,2-4H2,1H3;1-2H2;1H2. The molecule has 3 saturated carbocycles. The fraction of sp³-hybridized carbons (Fsp3) is 0.885. The van der Waals surface area contributed by atoms with Crippen molar-refractivity contribution in [2.45, 2.75) is 103 Å². The molecule has 0 spiro atoms. The Balaban J connectivity index is 0. The van der Waals surface area contributed by atoms with Crippen LogP contribution in [0.25, 0.3) is 0 Å².